The highest BCUT2D eigenvalue weighted by molar-refractivity contribution is 6.30. The third kappa shape index (κ3) is 3.65. The Balaban J connectivity index is 2.14. The molecule has 2 rings (SSSR count). The zero-order valence-corrected chi connectivity index (χ0v) is 12.4. The quantitative estimate of drug-likeness (QED) is 0.881. The van der Waals surface area contributed by atoms with Crippen LogP contribution in [0.25, 0.3) is 0 Å². The maximum Gasteiger partial charge on any atom is 0.125 e. The molecule has 0 saturated carbocycles. The topological polar surface area (TPSA) is 30.5 Å². The van der Waals surface area contributed by atoms with Crippen molar-refractivity contribution in [3.8, 4) is 11.5 Å². The van der Waals surface area contributed by atoms with Crippen LogP contribution < -0.4 is 14.8 Å². The van der Waals surface area contributed by atoms with Gasteiger partial charge in [-0.3, -0.25) is 0 Å². The fraction of sp³-hybridized carbons (Fsp3) is 0.250. The van der Waals surface area contributed by atoms with Crippen LogP contribution in [0.5, 0.6) is 11.5 Å². The molecule has 0 saturated heterocycles. The van der Waals surface area contributed by atoms with E-state index in [9.17, 15) is 0 Å². The summed E-state index contributed by atoms with van der Waals surface area (Å²) in [5, 5.41) is 3.80. The summed E-state index contributed by atoms with van der Waals surface area (Å²) in [4.78, 5) is 0. The molecule has 20 heavy (non-hydrogen) atoms. The number of nitrogens with one attached hydrogen (secondary N) is 1. The molecule has 2 aromatic rings. The van der Waals surface area contributed by atoms with Gasteiger partial charge in [-0.05, 0) is 31.3 Å². The number of rotatable bonds is 6. The SMILES string of the molecule is CNCc1ccccc1OCc1cc(Cl)ccc1OC. The summed E-state index contributed by atoms with van der Waals surface area (Å²) in [6.07, 6.45) is 0. The van der Waals surface area contributed by atoms with E-state index in [0.717, 1.165) is 29.2 Å². The van der Waals surface area contributed by atoms with Crippen LogP contribution >= 0.6 is 11.6 Å². The van der Waals surface area contributed by atoms with Gasteiger partial charge in [0.15, 0.2) is 0 Å². The summed E-state index contributed by atoms with van der Waals surface area (Å²) in [6.45, 7) is 1.19. The molecule has 1 N–H and O–H groups in total. The van der Waals surface area contributed by atoms with E-state index in [4.69, 9.17) is 21.1 Å². The average Bonchev–Trinajstić information content (AvgIpc) is 2.47. The Kier molecular flexibility index (Phi) is 5.27. The molecule has 3 nitrogen and oxygen atoms in total. The molecule has 0 unspecified atom stereocenters. The fourth-order valence-corrected chi connectivity index (χ4v) is 2.19. The molecule has 0 aromatic heterocycles. The Hall–Kier alpha value is -1.71. The third-order valence-corrected chi connectivity index (χ3v) is 3.20. The molecule has 0 bridgehead atoms. The van der Waals surface area contributed by atoms with E-state index in [0.29, 0.717) is 11.6 Å². The van der Waals surface area contributed by atoms with Crippen LogP contribution in [0, 0.1) is 0 Å². The second-order valence-corrected chi connectivity index (χ2v) is 4.82. The highest BCUT2D eigenvalue weighted by atomic mass is 35.5. The monoisotopic (exact) mass is 291 g/mol. The Morgan fingerprint density at radius 2 is 1.85 bits per heavy atom. The lowest BCUT2D eigenvalue weighted by atomic mass is 10.2. The minimum absolute atomic E-state index is 0.421. The zero-order valence-electron chi connectivity index (χ0n) is 11.7. The normalized spacial score (nSPS) is 10.3. The first-order valence-corrected chi connectivity index (χ1v) is 6.80. The van der Waals surface area contributed by atoms with Gasteiger partial charge in [-0.15, -0.1) is 0 Å². The first-order valence-electron chi connectivity index (χ1n) is 6.42. The number of halogens is 1. The molecule has 0 heterocycles. The van der Waals surface area contributed by atoms with Gasteiger partial charge in [-0.25, -0.2) is 0 Å². The second kappa shape index (κ2) is 7.17. The highest BCUT2D eigenvalue weighted by Gasteiger charge is 2.07. The Bertz CT molecular complexity index is 572. The summed E-state index contributed by atoms with van der Waals surface area (Å²) in [7, 11) is 3.55. The predicted molar refractivity (Wildman–Crippen MR) is 81.5 cm³/mol. The number of para-hydroxylation sites is 1. The van der Waals surface area contributed by atoms with Gasteiger partial charge in [0.05, 0.1) is 7.11 Å². The lowest BCUT2D eigenvalue weighted by molar-refractivity contribution is 0.293. The van der Waals surface area contributed by atoms with E-state index >= 15 is 0 Å². The van der Waals surface area contributed by atoms with Gasteiger partial charge in [0.25, 0.3) is 0 Å². The fourth-order valence-electron chi connectivity index (χ4n) is 2.00. The number of methoxy groups -OCH3 is 1. The Morgan fingerprint density at radius 3 is 2.60 bits per heavy atom. The molecule has 0 aliphatic heterocycles. The minimum atomic E-state index is 0.421. The van der Waals surface area contributed by atoms with Crippen molar-refractivity contribution in [1.82, 2.24) is 5.32 Å². The van der Waals surface area contributed by atoms with Crippen molar-refractivity contribution in [3.63, 3.8) is 0 Å². The van der Waals surface area contributed by atoms with Crippen LogP contribution in [0.3, 0.4) is 0 Å². The Labute approximate surface area is 124 Å². The van der Waals surface area contributed by atoms with Crippen molar-refractivity contribution in [3.05, 3.63) is 58.6 Å². The summed E-state index contributed by atoms with van der Waals surface area (Å²) in [6, 6.07) is 13.5. The molecule has 0 aliphatic carbocycles. The lowest BCUT2D eigenvalue weighted by Crippen LogP contribution is -2.07. The largest absolute Gasteiger partial charge is 0.496 e. The lowest BCUT2D eigenvalue weighted by Gasteiger charge is -2.13. The van der Waals surface area contributed by atoms with Gasteiger partial charge in [-0.1, -0.05) is 29.8 Å². The van der Waals surface area contributed by atoms with E-state index in [1.807, 2.05) is 43.4 Å². The standard InChI is InChI=1S/C16H18ClNO2/c1-18-10-12-5-3-4-6-16(12)20-11-13-9-14(17)7-8-15(13)19-2/h3-9,18H,10-11H2,1-2H3. The second-order valence-electron chi connectivity index (χ2n) is 4.38. The minimum Gasteiger partial charge on any atom is -0.496 e. The van der Waals surface area contributed by atoms with Crippen LogP contribution in [0.2, 0.25) is 5.02 Å². The smallest absolute Gasteiger partial charge is 0.125 e. The maximum atomic E-state index is 6.02. The van der Waals surface area contributed by atoms with E-state index in [2.05, 4.69) is 5.32 Å². The summed E-state index contributed by atoms with van der Waals surface area (Å²) in [5.41, 5.74) is 2.05. The number of benzene rings is 2. The van der Waals surface area contributed by atoms with Crippen LogP contribution in [0.1, 0.15) is 11.1 Å². The van der Waals surface area contributed by atoms with Crippen molar-refractivity contribution in [1.29, 1.82) is 0 Å². The van der Waals surface area contributed by atoms with Gasteiger partial charge in [0, 0.05) is 22.7 Å². The molecular weight excluding hydrogens is 274 g/mol. The summed E-state index contributed by atoms with van der Waals surface area (Å²) < 4.78 is 11.2. The molecule has 4 heteroatoms. The van der Waals surface area contributed by atoms with Gasteiger partial charge in [0.2, 0.25) is 0 Å². The van der Waals surface area contributed by atoms with Crippen molar-refractivity contribution < 1.29 is 9.47 Å². The van der Waals surface area contributed by atoms with Crippen molar-refractivity contribution >= 4 is 11.6 Å². The number of hydrogen-bond acceptors (Lipinski definition) is 3. The number of hydrogen-bond donors (Lipinski definition) is 1. The molecule has 0 atom stereocenters. The van der Waals surface area contributed by atoms with Gasteiger partial charge in [0.1, 0.15) is 18.1 Å². The van der Waals surface area contributed by atoms with Crippen molar-refractivity contribution in [2.45, 2.75) is 13.2 Å². The van der Waals surface area contributed by atoms with Crippen molar-refractivity contribution in [2.24, 2.45) is 0 Å². The first kappa shape index (κ1) is 14.7. The van der Waals surface area contributed by atoms with Gasteiger partial charge >= 0.3 is 0 Å². The summed E-state index contributed by atoms with van der Waals surface area (Å²) >= 11 is 6.02. The van der Waals surface area contributed by atoms with Crippen LogP contribution in [0.4, 0.5) is 0 Å². The van der Waals surface area contributed by atoms with Gasteiger partial charge < -0.3 is 14.8 Å². The van der Waals surface area contributed by atoms with Crippen molar-refractivity contribution in [2.75, 3.05) is 14.2 Å². The highest BCUT2D eigenvalue weighted by Crippen LogP contribution is 2.25. The predicted octanol–water partition coefficient (Wildman–Crippen LogP) is 3.65. The van der Waals surface area contributed by atoms with E-state index in [1.165, 1.54) is 0 Å². The molecule has 0 spiro atoms. The average molecular weight is 292 g/mol. The van der Waals surface area contributed by atoms with E-state index in [1.54, 1.807) is 13.2 Å². The van der Waals surface area contributed by atoms with E-state index in [-0.39, 0.29) is 0 Å². The third-order valence-electron chi connectivity index (χ3n) is 2.97. The molecule has 106 valence electrons. The van der Waals surface area contributed by atoms with Gasteiger partial charge in [-0.2, -0.15) is 0 Å². The molecule has 0 amide bonds. The molecule has 0 aliphatic rings. The molecule has 2 aromatic carbocycles. The first-order chi connectivity index (χ1) is 9.74. The number of ether oxygens (including phenoxy) is 2. The summed E-state index contributed by atoms with van der Waals surface area (Å²) in [5.74, 6) is 1.64. The molecular formula is C16H18ClNO2. The zero-order chi connectivity index (χ0) is 14.4. The molecule has 0 radical (unpaired) electrons. The Morgan fingerprint density at radius 1 is 1.05 bits per heavy atom. The van der Waals surface area contributed by atoms with Crippen LogP contribution in [-0.4, -0.2) is 14.2 Å². The van der Waals surface area contributed by atoms with Crippen LogP contribution in [-0.2, 0) is 13.2 Å². The van der Waals surface area contributed by atoms with Crippen LogP contribution in [0.15, 0.2) is 42.5 Å². The van der Waals surface area contributed by atoms with E-state index < -0.39 is 0 Å². The maximum absolute atomic E-state index is 6.02. The molecule has 0 fully saturated rings.